The van der Waals surface area contributed by atoms with Crippen molar-refractivity contribution in [1.29, 1.82) is 0 Å². The summed E-state index contributed by atoms with van der Waals surface area (Å²) >= 11 is 0. The van der Waals surface area contributed by atoms with Crippen LogP contribution in [-0.4, -0.2) is 31.4 Å². The van der Waals surface area contributed by atoms with E-state index in [-0.39, 0.29) is 18.3 Å². The fraction of sp³-hybridized carbons (Fsp3) is 0.176. The molecule has 1 aromatic carbocycles. The third-order valence-corrected chi connectivity index (χ3v) is 3.50. The number of ketones is 1. The normalized spacial score (nSPS) is 10.8. The van der Waals surface area contributed by atoms with Gasteiger partial charge in [-0.25, -0.2) is 9.97 Å². The highest BCUT2D eigenvalue weighted by atomic mass is 16.5. The van der Waals surface area contributed by atoms with E-state index in [0.29, 0.717) is 22.2 Å². The predicted molar refractivity (Wildman–Crippen MR) is 86.4 cm³/mol. The van der Waals surface area contributed by atoms with Crippen LogP contribution in [0.2, 0.25) is 0 Å². The highest BCUT2D eigenvalue weighted by Crippen LogP contribution is 2.28. The summed E-state index contributed by atoms with van der Waals surface area (Å²) in [6, 6.07) is 5.30. The Morgan fingerprint density at radius 1 is 1.25 bits per heavy atom. The molecule has 7 heteroatoms. The van der Waals surface area contributed by atoms with Crippen LogP contribution in [0.15, 0.2) is 36.8 Å². The summed E-state index contributed by atoms with van der Waals surface area (Å²) in [4.78, 5) is 31.0. The van der Waals surface area contributed by atoms with E-state index in [1.165, 1.54) is 11.5 Å². The molecule has 2 aromatic heterocycles. The fourth-order valence-electron chi connectivity index (χ4n) is 2.44. The summed E-state index contributed by atoms with van der Waals surface area (Å²) in [5.41, 5.74) is 2.02. The third-order valence-electron chi connectivity index (χ3n) is 3.50. The lowest BCUT2D eigenvalue weighted by Crippen LogP contribution is -2.07. The number of aryl methyl sites for hydroxylation is 1. The van der Waals surface area contributed by atoms with Crippen LogP contribution < -0.4 is 4.74 Å². The largest absolute Gasteiger partial charge is 0.480 e. The zero-order valence-electron chi connectivity index (χ0n) is 13.2. The number of carbonyl (C=O) groups is 2. The molecule has 0 atom stereocenters. The van der Waals surface area contributed by atoms with E-state index in [1.807, 2.05) is 6.92 Å². The van der Waals surface area contributed by atoms with E-state index in [4.69, 9.17) is 9.84 Å². The van der Waals surface area contributed by atoms with Crippen LogP contribution >= 0.6 is 0 Å². The number of rotatable bonds is 5. The monoisotopic (exact) mass is 325 g/mol. The fourth-order valence-corrected chi connectivity index (χ4v) is 2.44. The molecule has 0 fully saturated rings. The summed E-state index contributed by atoms with van der Waals surface area (Å²) in [5.74, 6) is -0.648. The number of Topliss-reactive ketones (excluding diaryl/α,β-unsaturated/α-hetero) is 1. The molecule has 1 N–H and O–H groups in total. The summed E-state index contributed by atoms with van der Waals surface area (Å²) in [7, 11) is 0. The molecule has 0 aliphatic rings. The Morgan fingerprint density at radius 2 is 1.96 bits per heavy atom. The Bertz CT molecular complexity index is 929. The summed E-state index contributed by atoms with van der Waals surface area (Å²) in [5, 5.41) is 9.63. The van der Waals surface area contributed by atoms with Gasteiger partial charge in [-0.05, 0) is 37.6 Å². The number of hydrogen-bond acceptors (Lipinski definition) is 5. The lowest BCUT2D eigenvalue weighted by molar-refractivity contribution is -0.137. The maximum absolute atomic E-state index is 11.8. The van der Waals surface area contributed by atoms with E-state index in [2.05, 4.69) is 9.97 Å². The molecule has 0 saturated carbocycles. The number of aliphatic carboxylic acids is 1. The van der Waals surface area contributed by atoms with Gasteiger partial charge in [0, 0.05) is 35.1 Å². The molecule has 0 unspecified atom stereocenters. The van der Waals surface area contributed by atoms with Gasteiger partial charge >= 0.3 is 12.0 Å². The number of carboxylic acids is 1. The first-order chi connectivity index (χ1) is 11.4. The number of aromatic nitrogens is 3. The van der Waals surface area contributed by atoms with Crippen LogP contribution in [0.25, 0.3) is 10.9 Å². The standard InChI is InChI=1S/C17H15N3O4/c1-10-6-18-17(19-7-10)24-12-3-4-15-13(5-12)14(11(2)21)8-20(15)9-16(22)23/h3-8H,9H2,1-2H3,(H,22,23). The zero-order valence-corrected chi connectivity index (χ0v) is 13.2. The van der Waals surface area contributed by atoms with Gasteiger partial charge in [0.1, 0.15) is 12.3 Å². The summed E-state index contributed by atoms with van der Waals surface area (Å²) in [6.45, 7) is 3.10. The van der Waals surface area contributed by atoms with Crippen LogP contribution in [0.5, 0.6) is 11.8 Å². The molecule has 0 spiro atoms. The van der Waals surface area contributed by atoms with Crippen molar-refractivity contribution in [1.82, 2.24) is 14.5 Å². The lowest BCUT2D eigenvalue weighted by atomic mass is 10.1. The van der Waals surface area contributed by atoms with Crippen molar-refractivity contribution in [2.45, 2.75) is 20.4 Å². The predicted octanol–water partition coefficient (Wildman–Crippen LogP) is 2.82. The van der Waals surface area contributed by atoms with Gasteiger partial charge in [0.2, 0.25) is 0 Å². The number of ether oxygens (including phenoxy) is 1. The smallest absolute Gasteiger partial charge is 0.323 e. The Kier molecular flexibility index (Phi) is 3.99. The lowest BCUT2D eigenvalue weighted by Gasteiger charge is -2.05. The first-order valence-corrected chi connectivity index (χ1v) is 7.26. The average molecular weight is 325 g/mol. The van der Waals surface area contributed by atoms with Gasteiger partial charge in [-0.15, -0.1) is 0 Å². The molecule has 0 bridgehead atoms. The first-order valence-electron chi connectivity index (χ1n) is 7.26. The minimum atomic E-state index is -0.976. The van der Waals surface area contributed by atoms with Gasteiger partial charge in [0.05, 0.1) is 0 Å². The molecule has 24 heavy (non-hydrogen) atoms. The molecular weight excluding hydrogens is 310 g/mol. The highest BCUT2D eigenvalue weighted by molar-refractivity contribution is 6.07. The van der Waals surface area contributed by atoms with Crippen molar-refractivity contribution < 1.29 is 19.4 Å². The van der Waals surface area contributed by atoms with Crippen molar-refractivity contribution in [2.75, 3.05) is 0 Å². The van der Waals surface area contributed by atoms with Gasteiger partial charge < -0.3 is 14.4 Å². The summed E-state index contributed by atoms with van der Waals surface area (Å²) in [6.07, 6.45) is 4.84. The minimum Gasteiger partial charge on any atom is -0.480 e. The van der Waals surface area contributed by atoms with Crippen LogP contribution in [0.1, 0.15) is 22.8 Å². The topological polar surface area (TPSA) is 94.3 Å². The Balaban J connectivity index is 2.02. The van der Waals surface area contributed by atoms with Crippen LogP contribution in [0, 0.1) is 6.92 Å². The van der Waals surface area contributed by atoms with Gasteiger partial charge in [-0.3, -0.25) is 9.59 Å². The van der Waals surface area contributed by atoms with Gasteiger partial charge in [-0.1, -0.05) is 0 Å². The SMILES string of the molecule is CC(=O)c1cn(CC(=O)O)c2ccc(Oc3ncc(C)cn3)cc12. The molecule has 0 aliphatic carbocycles. The van der Waals surface area contributed by atoms with E-state index in [0.717, 1.165) is 5.56 Å². The zero-order chi connectivity index (χ0) is 17.3. The maximum atomic E-state index is 11.8. The van der Waals surface area contributed by atoms with E-state index in [1.54, 1.807) is 36.8 Å². The van der Waals surface area contributed by atoms with Crippen molar-refractivity contribution in [3.05, 3.63) is 47.9 Å². The first kappa shape index (κ1) is 15.7. The molecule has 122 valence electrons. The molecule has 3 aromatic rings. The van der Waals surface area contributed by atoms with Crippen molar-refractivity contribution in [2.24, 2.45) is 0 Å². The number of carbonyl (C=O) groups excluding carboxylic acids is 1. The van der Waals surface area contributed by atoms with Crippen molar-refractivity contribution >= 4 is 22.7 Å². The van der Waals surface area contributed by atoms with E-state index < -0.39 is 5.97 Å². The second-order valence-electron chi connectivity index (χ2n) is 5.44. The van der Waals surface area contributed by atoms with Gasteiger partial charge in [0.15, 0.2) is 5.78 Å². The van der Waals surface area contributed by atoms with Crippen LogP contribution in [0.4, 0.5) is 0 Å². The van der Waals surface area contributed by atoms with Crippen molar-refractivity contribution in [3.63, 3.8) is 0 Å². The number of carboxylic acid groups (broad SMARTS) is 1. The number of benzene rings is 1. The molecule has 3 rings (SSSR count). The van der Waals surface area contributed by atoms with Crippen LogP contribution in [0.3, 0.4) is 0 Å². The molecule has 0 saturated heterocycles. The highest BCUT2D eigenvalue weighted by Gasteiger charge is 2.15. The molecular formula is C17H15N3O4. The molecule has 0 radical (unpaired) electrons. The Labute approximate surface area is 137 Å². The quantitative estimate of drug-likeness (QED) is 0.725. The minimum absolute atomic E-state index is 0.145. The van der Waals surface area contributed by atoms with E-state index in [9.17, 15) is 9.59 Å². The Morgan fingerprint density at radius 3 is 2.58 bits per heavy atom. The molecule has 0 amide bonds. The average Bonchev–Trinajstić information content (AvgIpc) is 2.87. The second kappa shape index (κ2) is 6.11. The summed E-state index contributed by atoms with van der Waals surface area (Å²) < 4.78 is 7.14. The molecule has 2 heterocycles. The van der Waals surface area contributed by atoms with Crippen LogP contribution in [-0.2, 0) is 11.3 Å². The van der Waals surface area contributed by atoms with E-state index >= 15 is 0 Å². The molecule has 7 nitrogen and oxygen atoms in total. The number of nitrogens with zero attached hydrogens (tertiary/aromatic N) is 3. The number of fused-ring (bicyclic) bond motifs is 1. The Hall–Kier alpha value is -3.22. The maximum Gasteiger partial charge on any atom is 0.323 e. The van der Waals surface area contributed by atoms with Crippen molar-refractivity contribution in [3.8, 4) is 11.8 Å². The second-order valence-corrected chi connectivity index (χ2v) is 5.44. The third kappa shape index (κ3) is 3.10. The van der Waals surface area contributed by atoms with Gasteiger partial charge in [-0.2, -0.15) is 0 Å². The molecule has 0 aliphatic heterocycles. The van der Waals surface area contributed by atoms with Gasteiger partial charge in [0.25, 0.3) is 0 Å². The number of hydrogen-bond donors (Lipinski definition) is 1.